The van der Waals surface area contributed by atoms with E-state index < -0.39 is 0 Å². The number of hydrogen-bond donors (Lipinski definition) is 1. The molecule has 1 aliphatic heterocycles. The molecule has 0 saturated carbocycles. The molecule has 8 heteroatoms. The third kappa shape index (κ3) is 4.71. The van der Waals surface area contributed by atoms with Crippen LogP contribution in [-0.2, 0) is 11.2 Å². The lowest BCUT2D eigenvalue weighted by Crippen LogP contribution is -2.49. The van der Waals surface area contributed by atoms with E-state index in [4.69, 9.17) is 0 Å². The highest BCUT2D eigenvalue weighted by Gasteiger charge is 2.23. The van der Waals surface area contributed by atoms with Crippen LogP contribution in [0, 0.1) is 12.7 Å². The predicted molar refractivity (Wildman–Crippen MR) is 113 cm³/mol. The van der Waals surface area contributed by atoms with Gasteiger partial charge in [0.15, 0.2) is 0 Å². The molecule has 1 fully saturated rings. The predicted octanol–water partition coefficient (Wildman–Crippen LogP) is 3.62. The van der Waals surface area contributed by atoms with Gasteiger partial charge in [-0.15, -0.1) is 10.2 Å². The van der Waals surface area contributed by atoms with Gasteiger partial charge in [0.2, 0.25) is 11.0 Å². The van der Waals surface area contributed by atoms with E-state index in [9.17, 15) is 9.18 Å². The molecule has 150 valence electrons. The maximum Gasteiger partial charge on any atom is 0.229 e. The fraction of sp³-hybridized carbons (Fsp3) is 0.286. The van der Waals surface area contributed by atoms with Gasteiger partial charge >= 0.3 is 0 Å². The number of aromatic nitrogens is 2. The molecule has 2 aromatic carbocycles. The molecule has 0 spiro atoms. The fourth-order valence-corrected chi connectivity index (χ4v) is 4.12. The number of anilines is 3. The number of nitrogens with one attached hydrogen (secondary N) is 1. The SMILES string of the molecule is Cc1cccc(Nc2nnc(CC(=O)N3CCN(c4ccccc4F)CC3)s2)c1. The van der Waals surface area contributed by atoms with E-state index in [1.807, 2.05) is 47.1 Å². The van der Waals surface area contributed by atoms with Crippen LogP contribution in [0.4, 0.5) is 20.9 Å². The first-order valence-electron chi connectivity index (χ1n) is 9.52. The lowest BCUT2D eigenvalue weighted by atomic mass is 10.2. The first-order valence-corrected chi connectivity index (χ1v) is 10.3. The Morgan fingerprint density at radius 1 is 1.10 bits per heavy atom. The third-order valence-corrected chi connectivity index (χ3v) is 5.70. The minimum absolute atomic E-state index is 0.0245. The molecule has 0 aliphatic carbocycles. The number of benzene rings is 2. The minimum Gasteiger partial charge on any atom is -0.366 e. The highest BCUT2D eigenvalue weighted by Crippen LogP contribution is 2.23. The van der Waals surface area contributed by atoms with Crippen molar-refractivity contribution < 1.29 is 9.18 Å². The molecule has 3 aromatic rings. The molecule has 1 aliphatic rings. The summed E-state index contributed by atoms with van der Waals surface area (Å²) in [7, 11) is 0. The molecule has 2 heterocycles. The quantitative estimate of drug-likeness (QED) is 0.695. The minimum atomic E-state index is -0.227. The average molecular weight is 412 g/mol. The van der Waals surface area contributed by atoms with Crippen molar-refractivity contribution in [1.29, 1.82) is 0 Å². The number of amides is 1. The zero-order chi connectivity index (χ0) is 20.2. The molecule has 6 nitrogen and oxygen atoms in total. The highest BCUT2D eigenvalue weighted by molar-refractivity contribution is 7.15. The summed E-state index contributed by atoms with van der Waals surface area (Å²) >= 11 is 1.38. The Bertz CT molecular complexity index is 1000. The van der Waals surface area contributed by atoms with Gasteiger partial charge in [0.25, 0.3) is 0 Å². The van der Waals surface area contributed by atoms with E-state index in [-0.39, 0.29) is 18.1 Å². The van der Waals surface area contributed by atoms with Crippen molar-refractivity contribution in [2.75, 3.05) is 36.4 Å². The Hall–Kier alpha value is -3.00. The maximum absolute atomic E-state index is 14.0. The monoisotopic (exact) mass is 411 g/mol. The second kappa shape index (κ2) is 8.57. The van der Waals surface area contributed by atoms with Gasteiger partial charge in [0.1, 0.15) is 10.8 Å². The summed E-state index contributed by atoms with van der Waals surface area (Å²) in [5, 5.41) is 12.9. The maximum atomic E-state index is 14.0. The summed E-state index contributed by atoms with van der Waals surface area (Å²) in [6.45, 7) is 4.40. The normalized spacial score (nSPS) is 14.1. The lowest BCUT2D eigenvalue weighted by molar-refractivity contribution is -0.130. The Kier molecular flexibility index (Phi) is 5.71. The summed E-state index contributed by atoms with van der Waals surface area (Å²) in [6, 6.07) is 14.7. The summed E-state index contributed by atoms with van der Waals surface area (Å²) in [5.41, 5.74) is 2.70. The molecule has 0 radical (unpaired) electrons. The number of nitrogens with zero attached hydrogens (tertiary/aromatic N) is 4. The molecule has 0 unspecified atom stereocenters. The molecule has 1 amide bonds. The van der Waals surface area contributed by atoms with Crippen LogP contribution in [0.2, 0.25) is 0 Å². The van der Waals surface area contributed by atoms with Gasteiger partial charge in [-0.3, -0.25) is 4.79 Å². The summed E-state index contributed by atoms with van der Waals surface area (Å²) in [6.07, 6.45) is 0.229. The third-order valence-electron chi connectivity index (χ3n) is 4.86. The first kappa shape index (κ1) is 19.3. The number of aryl methyl sites for hydroxylation is 1. The lowest BCUT2D eigenvalue weighted by Gasteiger charge is -2.36. The van der Waals surface area contributed by atoms with Crippen LogP contribution < -0.4 is 10.2 Å². The van der Waals surface area contributed by atoms with Gasteiger partial charge in [0, 0.05) is 31.9 Å². The van der Waals surface area contributed by atoms with Crippen molar-refractivity contribution in [3.63, 3.8) is 0 Å². The second-order valence-corrected chi connectivity index (χ2v) is 8.05. The summed E-state index contributed by atoms with van der Waals surface area (Å²) in [5.74, 6) is -0.203. The van der Waals surface area contributed by atoms with Crippen molar-refractivity contribution in [3.05, 3.63) is 64.9 Å². The number of hydrogen-bond acceptors (Lipinski definition) is 6. The zero-order valence-corrected chi connectivity index (χ0v) is 17.0. The van der Waals surface area contributed by atoms with Gasteiger partial charge in [0.05, 0.1) is 12.1 Å². The van der Waals surface area contributed by atoms with Crippen molar-refractivity contribution in [1.82, 2.24) is 15.1 Å². The molecule has 0 bridgehead atoms. The second-order valence-electron chi connectivity index (χ2n) is 6.99. The fourth-order valence-electron chi connectivity index (χ4n) is 3.37. The highest BCUT2D eigenvalue weighted by atomic mass is 32.1. The largest absolute Gasteiger partial charge is 0.366 e. The van der Waals surface area contributed by atoms with Gasteiger partial charge in [-0.05, 0) is 36.8 Å². The number of para-hydroxylation sites is 1. The number of carbonyl (C=O) groups is 1. The topological polar surface area (TPSA) is 61.4 Å². The first-order chi connectivity index (χ1) is 14.1. The van der Waals surface area contributed by atoms with Crippen molar-refractivity contribution in [2.24, 2.45) is 0 Å². The number of rotatable bonds is 5. The molecular formula is C21H22FN5OS. The Labute approximate surface area is 173 Å². The summed E-state index contributed by atoms with van der Waals surface area (Å²) < 4.78 is 14.0. The summed E-state index contributed by atoms with van der Waals surface area (Å²) in [4.78, 5) is 16.4. The van der Waals surface area contributed by atoms with E-state index >= 15 is 0 Å². The van der Waals surface area contributed by atoms with E-state index in [0.29, 0.717) is 42.0 Å². The van der Waals surface area contributed by atoms with Gasteiger partial charge < -0.3 is 15.1 Å². The van der Waals surface area contributed by atoms with E-state index in [2.05, 4.69) is 15.5 Å². The zero-order valence-electron chi connectivity index (χ0n) is 16.1. The van der Waals surface area contributed by atoms with Crippen LogP contribution in [0.25, 0.3) is 0 Å². The van der Waals surface area contributed by atoms with Crippen LogP contribution in [0.3, 0.4) is 0 Å². The van der Waals surface area contributed by atoms with Crippen LogP contribution in [0.1, 0.15) is 10.6 Å². The standard InChI is InChI=1S/C21H22FN5OS/c1-15-5-4-6-16(13-15)23-21-25-24-19(29-21)14-20(28)27-11-9-26(10-12-27)18-8-3-2-7-17(18)22/h2-8,13H,9-12,14H2,1H3,(H,23,25). The van der Waals surface area contributed by atoms with Gasteiger partial charge in [-0.25, -0.2) is 4.39 Å². The Balaban J connectivity index is 1.31. The van der Waals surface area contributed by atoms with Crippen LogP contribution in [0.5, 0.6) is 0 Å². The molecular weight excluding hydrogens is 389 g/mol. The molecule has 1 N–H and O–H groups in total. The number of halogens is 1. The van der Waals surface area contributed by atoms with Crippen LogP contribution in [-0.4, -0.2) is 47.2 Å². The van der Waals surface area contributed by atoms with Crippen molar-refractivity contribution in [3.8, 4) is 0 Å². The number of carbonyl (C=O) groups excluding carboxylic acids is 1. The Morgan fingerprint density at radius 3 is 2.66 bits per heavy atom. The smallest absolute Gasteiger partial charge is 0.229 e. The number of piperazine rings is 1. The van der Waals surface area contributed by atoms with Gasteiger partial charge in [-0.1, -0.05) is 35.6 Å². The molecule has 1 saturated heterocycles. The Morgan fingerprint density at radius 2 is 1.90 bits per heavy atom. The molecule has 0 atom stereocenters. The van der Waals surface area contributed by atoms with Crippen LogP contribution in [0.15, 0.2) is 48.5 Å². The van der Waals surface area contributed by atoms with E-state index in [0.717, 1.165) is 11.3 Å². The van der Waals surface area contributed by atoms with Gasteiger partial charge in [-0.2, -0.15) is 0 Å². The molecule has 1 aromatic heterocycles. The molecule has 4 rings (SSSR count). The molecule has 29 heavy (non-hydrogen) atoms. The van der Waals surface area contributed by atoms with Crippen molar-refractivity contribution in [2.45, 2.75) is 13.3 Å². The average Bonchev–Trinajstić information content (AvgIpc) is 3.15. The van der Waals surface area contributed by atoms with Crippen molar-refractivity contribution >= 4 is 33.8 Å². The van der Waals surface area contributed by atoms with E-state index in [1.54, 1.807) is 12.1 Å². The van der Waals surface area contributed by atoms with Crippen LogP contribution >= 0.6 is 11.3 Å². The van der Waals surface area contributed by atoms with E-state index in [1.165, 1.54) is 17.4 Å².